The first-order chi connectivity index (χ1) is 9.49. The molecule has 1 saturated carbocycles. The van der Waals surface area contributed by atoms with Gasteiger partial charge in [-0.1, -0.05) is 30.5 Å². The van der Waals surface area contributed by atoms with Crippen molar-refractivity contribution in [3.05, 3.63) is 38.9 Å². The first kappa shape index (κ1) is 14.8. The molecule has 0 radical (unpaired) electrons. The Balaban J connectivity index is 2.26. The summed E-state index contributed by atoms with van der Waals surface area (Å²) in [6.45, 7) is 0. The molecule has 1 fully saturated rings. The van der Waals surface area contributed by atoms with Crippen LogP contribution in [-0.2, 0) is 11.2 Å². The molecular weight excluding hydrogens is 282 g/mol. The summed E-state index contributed by atoms with van der Waals surface area (Å²) < 4.78 is 0. The lowest BCUT2D eigenvalue weighted by molar-refractivity contribution is -0.385. The van der Waals surface area contributed by atoms with Crippen molar-refractivity contribution in [1.29, 1.82) is 0 Å². The number of carboxylic acids is 1. The average Bonchev–Trinajstić information content (AvgIpc) is 2.90. The van der Waals surface area contributed by atoms with Crippen molar-refractivity contribution in [2.75, 3.05) is 0 Å². The molecule has 1 aromatic rings. The number of benzene rings is 1. The van der Waals surface area contributed by atoms with Gasteiger partial charge in [0.05, 0.1) is 10.8 Å². The predicted molar refractivity (Wildman–Crippen MR) is 74.9 cm³/mol. The molecule has 5 nitrogen and oxygen atoms in total. The van der Waals surface area contributed by atoms with Crippen molar-refractivity contribution in [1.82, 2.24) is 0 Å². The highest BCUT2D eigenvalue weighted by atomic mass is 35.5. The second-order valence-corrected chi connectivity index (χ2v) is 5.66. The van der Waals surface area contributed by atoms with Crippen molar-refractivity contribution in [3.63, 3.8) is 0 Å². The second kappa shape index (κ2) is 6.22. The molecule has 0 amide bonds. The number of nitro groups is 1. The zero-order valence-electron chi connectivity index (χ0n) is 10.9. The largest absolute Gasteiger partial charge is 0.481 e. The van der Waals surface area contributed by atoms with E-state index in [1.165, 1.54) is 6.07 Å². The highest BCUT2D eigenvalue weighted by molar-refractivity contribution is 6.30. The normalized spacial score (nSPS) is 17.1. The van der Waals surface area contributed by atoms with Gasteiger partial charge >= 0.3 is 5.97 Å². The van der Waals surface area contributed by atoms with Gasteiger partial charge in [-0.05, 0) is 31.2 Å². The van der Waals surface area contributed by atoms with E-state index in [0.29, 0.717) is 5.56 Å². The van der Waals surface area contributed by atoms with Crippen LogP contribution in [-0.4, -0.2) is 16.0 Å². The molecule has 1 N–H and O–H groups in total. The molecule has 108 valence electrons. The quantitative estimate of drug-likeness (QED) is 0.664. The van der Waals surface area contributed by atoms with Crippen molar-refractivity contribution in [2.24, 2.45) is 11.8 Å². The predicted octanol–water partition coefficient (Wildman–Crippen LogP) is 3.68. The van der Waals surface area contributed by atoms with Crippen LogP contribution in [0.5, 0.6) is 0 Å². The molecule has 0 spiro atoms. The van der Waals surface area contributed by atoms with E-state index < -0.39 is 16.8 Å². The smallest absolute Gasteiger partial charge is 0.307 e. The number of carboxylic acid groups (broad SMARTS) is 1. The Morgan fingerprint density at radius 1 is 1.45 bits per heavy atom. The molecule has 2 rings (SSSR count). The fourth-order valence-electron chi connectivity index (χ4n) is 2.93. The molecule has 0 saturated heterocycles. The van der Waals surface area contributed by atoms with Crippen LogP contribution in [0.4, 0.5) is 5.69 Å². The van der Waals surface area contributed by atoms with Gasteiger partial charge in [0.2, 0.25) is 0 Å². The summed E-state index contributed by atoms with van der Waals surface area (Å²) in [6.07, 6.45) is 4.04. The zero-order chi connectivity index (χ0) is 14.7. The second-order valence-electron chi connectivity index (χ2n) is 5.22. The van der Waals surface area contributed by atoms with Gasteiger partial charge in [-0.25, -0.2) is 0 Å². The minimum absolute atomic E-state index is 0.0956. The molecule has 1 atom stereocenters. The molecule has 0 bridgehead atoms. The molecule has 1 aliphatic rings. The van der Waals surface area contributed by atoms with Gasteiger partial charge in [-0.15, -0.1) is 0 Å². The summed E-state index contributed by atoms with van der Waals surface area (Å²) in [5.41, 5.74) is 0.348. The number of aliphatic carboxylic acids is 1. The van der Waals surface area contributed by atoms with E-state index in [9.17, 15) is 20.0 Å². The minimum atomic E-state index is -0.874. The number of hydrogen-bond acceptors (Lipinski definition) is 3. The van der Waals surface area contributed by atoms with E-state index in [1.54, 1.807) is 12.1 Å². The Morgan fingerprint density at radius 3 is 2.65 bits per heavy atom. The maximum atomic E-state index is 11.4. The topological polar surface area (TPSA) is 80.4 Å². The van der Waals surface area contributed by atoms with Crippen molar-refractivity contribution in [3.8, 4) is 0 Å². The fraction of sp³-hybridized carbons (Fsp3) is 0.500. The van der Waals surface area contributed by atoms with Crippen LogP contribution in [0.1, 0.15) is 31.2 Å². The molecule has 1 aromatic carbocycles. The maximum Gasteiger partial charge on any atom is 0.307 e. The maximum absolute atomic E-state index is 11.4. The summed E-state index contributed by atoms with van der Waals surface area (Å²) in [6, 6.07) is 4.41. The Bertz CT molecular complexity index is 526. The third kappa shape index (κ3) is 3.28. The monoisotopic (exact) mass is 297 g/mol. The highest BCUT2D eigenvalue weighted by Crippen LogP contribution is 2.35. The van der Waals surface area contributed by atoms with Gasteiger partial charge in [-0.2, -0.15) is 0 Å². The molecular formula is C14H16ClNO4. The van der Waals surface area contributed by atoms with E-state index in [2.05, 4.69) is 0 Å². The van der Waals surface area contributed by atoms with E-state index in [0.717, 1.165) is 25.7 Å². The van der Waals surface area contributed by atoms with Gasteiger partial charge in [0.25, 0.3) is 5.69 Å². The van der Waals surface area contributed by atoms with Crippen molar-refractivity contribution >= 4 is 23.3 Å². The molecule has 1 aliphatic carbocycles. The first-order valence-electron chi connectivity index (χ1n) is 6.64. The standard InChI is InChI=1S/C14H16ClNO4/c15-11-6-5-10(13(8-11)16(19)20)7-12(14(17)18)9-3-1-2-4-9/h5-6,8-9,12H,1-4,7H2,(H,17,18). The highest BCUT2D eigenvalue weighted by Gasteiger charge is 2.32. The number of halogens is 1. The van der Waals surface area contributed by atoms with Crippen LogP contribution in [0.15, 0.2) is 18.2 Å². The number of nitro benzene ring substituents is 1. The lowest BCUT2D eigenvalue weighted by atomic mass is 9.85. The van der Waals surface area contributed by atoms with Crippen LogP contribution in [0.2, 0.25) is 5.02 Å². The van der Waals surface area contributed by atoms with Crippen LogP contribution in [0.3, 0.4) is 0 Å². The van der Waals surface area contributed by atoms with Crippen LogP contribution >= 0.6 is 11.6 Å². The Kier molecular flexibility index (Phi) is 4.60. The zero-order valence-corrected chi connectivity index (χ0v) is 11.7. The first-order valence-corrected chi connectivity index (χ1v) is 7.02. The lowest BCUT2D eigenvalue weighted by Gasteiger charge is -2.19. The van der Waals surface area contributed by atoms with Crippen LogP contribution in [0.25, 0.3) is 0 Å². The molecule has 0 heterocycles. The summed E-state index contributed by atoms with van der Waals surface area (Å²) in [7, 11) is 0. The van der Waals surface area contributed by atoms with E-state index >= 15 is 0 Å². The lowest BCUT2D eigenvalue weighted by Crippen LogP contribution is -2.24. The summed E-state index contributed by atoms with van der Waals surface area (Å²) in [5, 5.41) is 20.7. The molecule has 20 heavy (non-hydrogen) atoms. The third-order valence-electron chi connectivity index (χ3n) is 3.97. The van der Waals surface area contributed by atoms with E-state index in [4.69, 9.17) is 11.6 Å². The Hall–Kier alpha value is -1.62. The SMILES string of the molecule is O=C(O)C(Cc1ccc(Cl)cc1[N+](=O)[O-])C1CCCC1. The summed E-state index contributed by atoms with van der Waals surface area (Å²) >= 11 is 5.77. The molecule has 1 unspecified atom stereocenters. The fourth-order valence-corrected chi connectivity index (χ4v) is 3.10. The number of carbonyl (C=O) groups is 1. The number of hydrogen-bond donors (Lipinski definition) is 1. The number of nitrogens with zero attached hydrogens (tertiary/aromatic N) is 1. The van der Waals surface area contributed by atoms with Gasteiger partial charge < -0.3 is 5.11 Å². The number of rotatable bonds is 5. The van der Waals surface area contributed by atoms with Gasteiger partial charge in [0.1, 0.15) is 0 Å². The molecule has 0 aromatic heterocycles. The van der Waals surface area contributed by atoms with Crippen molar-refractivity contribution in [2.45, 2.75) is 32.1 Å². The molecule has 6 heteroatoms. The van der Waals surface area contributed by atoms with Gasteiger partial charge in [0, 0.05) is 16.7 Å². The average molecular weight is 298 g/mol. The van der Waals surface area contributed by atoms with E-state index in [-0.39, 0.29) is 23.0 Å². The van der Waals surface area contributed by atoms with Crippen LogP contribution < -0.4 is 0 Å². The van der Waals surface area contributed by atoms with Crippen molar-refractivity contribution < 1.29 is 14.8 Å². The minimum Gasteiger partial charge on any atom is -0.481 e. The Labute approximate surface area is 121 Å². The molecule has 0 aliphatic heterocycles. The van der Waals surface area contributed by atoms with Gasteiger partial charge in [0.15, 0.2) is 0 Å². The van der Waals surface area contributed by atoms with Crippen LogP contribution in [0, 0.1) is 22.0 Å². The van der Waals surface area contributed by atoms with Gasteiger partial charge in [-0.3, -0.25) is 14.9 Å². The summed E-state index contributed by atoms with van der Waals surface area (Å²) in [4.78, 5) is 22.0. The van der Waals surface area contributed by atoms with E-state index in [1.807, 2.05) is 0 Å². The third-order valence-corrected chi connectivity index (χ3v) is 4.21. The Morgan fingerprint density at radius 2 is 2.10 bits per heavy atom. The summed E-state index contributed by atoms with van der Waals surface area (Å²) in [5.74, 6) is -1.32.